The van der Waals surface area contributed by atoms with Gasteiger partial charge in [-0.05, 0) is 17.7 Å². The van der Waals surface area contributed by atoms with Crippen molar-refractivity contribution >= 4 is 5.88 Å². The molecule has 1 heterocycles. The number of aromatic nitrogens is 1. The van der Waals surface area contributed by atoms with Crippen LogP contribution in [0.5, 0.6) is 11.5 Å². The Bertz CT molecular complexity index is 769. The number of ether oxygens (including phenoxy) is 2. The van der Waals surface area contributed by atoms with Crippen LogP contribution in [0.25, 0.3) is 11.3 Å². The minimum atomic E-state index is 0.601. The number of hydrogen-bond donors (Lipinski definition) is 1. The van der Waals surface area contributed by atoms with E-state index in [-0.39, 0.29) is 0 Å². The average molecular weight is 310 g/mol. The molecule has 0 fully saturated rings. The molecule has 3 rings (SSSR count). The molecule has 118 valence electrons. The minimum absolute atomic E-state index is 0.601. The topological polar surface area (TPSA) is 56.5 Å². The number of benzene rings is 2. The van der Waals surface area contributed by atoms with Gasteiger partial charge in [0.2, 0.25) is 5.88 Å². The number of methoxy groups -OCH3 is 2. The Hall–Kier alpha value is -2.95. The van der Waals surface area contributed by atoms with Crippen molar-refractivity contribution in [1.82, 2.24) is 5.16 Å². The van der Waals surface area contributed by atoms with Crippen molar-refractivity contribution in [3.8, 4) is 22.8 Å². The third-order valence-electron chi connectivity index (χ3n) is 3.49. The Labute approximate surface area is 134 Å². The summed E-state index contributed by atoms with van der Waals surface area (Å²) in [5, 5.41) is 7.29. The summed E-state index contributed by atoms with van der Waals surface area (Å²) in [6, 6.07) is 17.6. The summed E-state index contributed by atoms with van der Waals surface area (Å²) in [6.07, 6.45) is 0. The maximum Gasteiger partial charge on any atom is 0.225 e. The first kappa shape index (κ1) is 15.0. The molecule has 3 aromatic rings. The molecule has 0 aliphatic heterocycles. The fourth-order valence-corrected chi connectivity index (χ4v) is 2.28. The van der Waals surface area contributed by atoms with E-state index in [9.17, 15) is 0 Å². The molecule has 0 atom stereocenters. The smallest absolute Gasteiger partial charge is 0.225 e. The molecule has 1 aromatic heterocycles. The van der Waals surface area contributed by atoms with Crippen molar-refractivity contribution in [2.24, 2.45) is 0 Å². The molecule has 0 spiro atoms. The largest absolute Gasteiger partial charge is 0.493 e. The van der Waals surface area contributed by atoms with Gasteiger partial charge in [-0.1, -0.05) is 41.6 Å². The quantitative estimate of drug-likeness (QED) is 0.746. The molecule has 2 aromatic carbocycles. The fourth-order valence-electron chi connectivity index (χ4n) is 2.28. The predicted octanol–water partition coefficient (Wildman–Crippen LogP) is 3.97. The third-order valence-corrected chi connectivity index (χ3v) is 3.49. The predicted molar refractivity (Wildman–Crippen MR) is 88.8 cm³/mol. The van der Waals surface area contributed by atoms with Crippen LogP contribution in [0.4, 0.5) is 5.88 Å². The maximum absolute atomic E-state index is 5.33. The molecule has 0 aliphatic carbocycles. The van der Waals surface area contributed by atoms with Crippen molar-refractivity contribution in [2.45, 2.75) is 6.54 Å². The average Bonchev–Trinajstić information content (AvgIpc) is 3.09. The Morgan fingerprint density at radius 2 is 1.74 bits per heavy atom. The second kappa shape index (κ2) is 6.87. The van der Waals surface area contributed by atoms with E-state index in [0.717, 1.165) is 16.8 Å². The lowest BCUT2D eigenvalue weighted by Crippen LogP contribution is -1.99. The molecule has 1 N–H and O–H groups in total. The van der Waals surface area contributed by atoms with E-state index in [2.05, 4.69) is 10.5 Å². The molecule has 0 aliphatic rings. The lowest BCUT2D eigenvalue weighted by Gasteiger charge is -2.09. The summed E-state index contributed by atoms with van der Waals surface area (Å²) < 4.78 is 15.9. The summed E-state index contributed by atoms with van der Waals surface area (Å²) in [4.78, 5) is 0. The second-order valence-electron chi connectivity index (χ2n) is 4.99. The number of nitrogens with zero attached hydrogens (tertiary/aromatic N) is 1. The van der Waals surface area contributed by atoms with Gasteiger partial charge in [0, 0.05) is 18.2 Å². The third kappa shape index (κ3) is 3.45. The van der Waals surface area contributed by atoms with Crippen LogP contribution in [0.2, 0.25) is 0 Å². The van der Waals surface area contributed by atoms with E-state index >= 15 is 0 Å². The van der Waals surface area contributed by atoms with Crippen LogP contribution in [-0.4, -0.2) is 19.4 Å². The van der Waals surface area contributed by atoms with Crippen LogP contribution in [0.1, 0.15) is 5.56 Å². The van der Waals surface area contributed by atoms with Crippen LogP contribution < -0.4 is 14.8 Å². The highest BCUT2D eigenvalue weighted by molar-refractivity contribution is 5.61. The molecule has 0 unspecified atom stereocenters. The minimum Gasteiger partial charge on any atom is -0.493 e. The van der Waals surface area contributed by atoms with Crippen LogP contribution >= 0.6 is 0 Å². The van der Waals surface area contributed by atoms with Gasteiger partial charge in [0.25, 0.3) is 0 Å². The zero-order chi connectivity index (χ0) is 16.1. The standard InChI is InChI=1S/C18H18N2O3/c1-21-16-9-8-13(10-17(16)22-2)12-19-18-11-15(20-23-18)14-6-4-3-5-7-14/h3-11,19H,12H2,1-2H3. The van der Waals surface area contributed by atoms with Gasteiger partial charge in [-0.15, -0.1) is 0 Å². The molecule has 0 radical (unpaired) electrons. The Kier molecular flexibility index (Phi) is 4.47. The summed E-state index contributed by atoms with van der Waals surface area (Å²) in [6.45, 7) is 0.601. The lowest BCUT2D eigenvalue weighted by atomic mass is 10.1. The van der Waals surface area contributed by atoms with E-state index in [4.69, 9.17) is 14.0 Å². The summed E-state index contributed by atoms with van der Waals surface area (Å²) in [7, 11) is 3.24. The number of hydrogen-bond acceptors (Lipinski definition) is 5. The molecule has 5 heteroatoms. The number of nitrogens with one attached hydrogen (secondary N) is 1. The molecule has 0 saturated carbocycles. The zero-order valence-corrected chi connectivity index (χ0v) is 13.1. The molecule has 5 nitrogen and oxygen atoms in total. The molecular weight excluding hydrogens is 292 g/mol. The highest BCUT2D eigenvalue weighted by Crippen LogP contribution is 2.28. The van der Waals surface area contributed by atoms with E-state index in [0.29, 0.717) is 23.9 Å². The number of anilines is 1. The van der Waals surface area contributed by atoms with Crippen molar-refractivity contribution in [2.75, 3.05) is 19.5 Å². The van der Waals surface area contributed by atoms with Gasteiger partial charge in [-0.3, -0.25) is 0 Å². The van der Waals surface area contributed by atoms with Crippen LogP contribution in [-0.2, 0) is 6.54 Å². The second-order valence-corrected chi connectivity index (χ2v) is 4.99. The van der Waals surface area contributed by atoms with Gasteiger partial charge < -0.3 is 19.3 Å². The molecule has 0 amide bonds. The normalized spacial score (nSPS) is 10.3. The first-order chi connectivity index (χ1) is 11.3. The van der Waals surface area contributed by atoms with E-state index in [1.807, 2.05) is 54.6 Å². The van der Waals surface area contributed by atoms with E-state index in [1.165, 1.54) is 0 Å². The summed E-state index contributed by atoms with van der Waals surface area (Å²) in [5.41, 5.74) is 2.89. The first-order valence-electron chi connectivity index (χ1n) is 7.27. The maximum atomic E-state index is 5.33. The SMILES string of the molecule is COc1ccc(CNc2cc(-c3ccccc3)no2)cc1OC. The van der Waals surface area contributed by atoms with Gasteiger partial charge >= 0.3 is 0 Å². The molecule has 0 bridgehead atoms. The molecule has 23 heavy (non-hydrogen) atoms. The first-order valence-corrected chi connectivity index (χ1v) is 7.27. The zero-order valence-electron chi connectivity index (χ0n) is 13.1. The number of rotatable bonds is 6. The van der Waals surface area contributed by atoms with Crippen LogP contribution in [0.15, 0.2) is 59.1 Å². The monoisotopic (exact) mass is 310 g/mol. The van der Waals surface area contributed by atoms with Crippen molar-refractivity contribution < 1.29 is 14.0 Å². The van der Waals surface area contributed by atoms with Gasteiger partial charge in [0.1, 0.15) is 5.69 Å². The molecular formula is C18H18N2O3. The Morgan fingerprint density at radius 1 is 0.957 bits per heavy atom. The van der Waals surface area contributed by atoms with Gasteiger partial charge in [-0.25, -0.2) is 0 Å². The van der Waals surface area contributed by atoms with Gasteiger partial charge in [0.05, 0.1) is 14.2 Å². The van der Waals surface area contributed by atoms with Crippen LogP contribution in [0, 0.1) is 0 Å². The fraction of sp³-hybridized carbons (Fsp3) is 0.167. The lowest BCUT2D eigenvalue weighted by molar-refractivity contribution is 0.354. The Morgan fingerprint density at radius 3 is 2.48 bits per heavy atom. The van der Waals surface area contributed by atoms with E-state index < -0.39 is 0 Å². The summed E-state index contributed by atoms with van der Waals surface area (Å²) >= 11 is 0. The van der Waals surface area contributed by atoms with Crippen molar-refractivity contribution in [1.29, 1.82) is 0 Å². The highest BCUT2D eigenvalue weighted by atomic mass is 16.5. The van der Waals surface area contributed by atoms with Crippen molar-refractivity contribution in [3.05, 3.63) is 60.2 Å². The van der Waals surface area contributed by atoms with Crippen molar-refractivity contribution in [3.63, 3.8) is 0 Å². The van der Waals surface area contributed by atoms with Crippen LogP contribution in [0.3, 0.4) is 0 Å². The van der Waals surface area contributed by atoms with Gasteiger partial charge in [-0.2, -0.15) is 0 Å². The molecule has 0 saturated heterocycles. The summed E-state index contributed by atoms with van der Waals surface area (Å²) in [5.74, 6) is 2.04. The van der Waals surface area contributed by atoms with E-state index in [1.54, 1.807) is 14.2 Å². The van der Waals surface area contributed by atoms with Gasteiger partial charge in [0.15, 0.2) is 11.5 Å². The Balaban J connectivity index is 1.68. The highest BCUT2D eigenvalue weighted by Gasteiger charge is 2.07.